The Bertz CT molecular complexity index is 437. The van der Waals surface area contributed by atoms with Crippen LogP contribution in [0.2, 0.25) is 5.02 Å². The van der Waals surface area contributed by atoms with Crippen LogP contribution < -0.4 is 15.0 Å². The molecule has 0 unspecified atom stereocenters. The van der Waals surface area contributed by atoms with Crippen LogP contribution in [0.3, 0.4) is 0 Å². The molecule has 1 aromatic rings. The molecule has 0 atom stereocenters. The van der Waals surface area contributed by atoms with Crippen molar-refractivity contribution in [2.24, 2.45) is 0 Å². The maximum Gasteiger partial charge on any atom is 0.275 e. The van der Waals surface area contributed by atoms with Crippen molar-refractivity contribution < 1.29 is 19.1 Å². The van der Waals surface area contributed by atoms with Crippen molar-refractivity contribution in [2.45, 2.75) is 20.3 Å². The summed E-state index contributed by atoms with van der Waals surface area (Å²) in [4.78, 5) is 16.3. The van der Waals surface area contributed by atoms with Gasteiger partial charge < -0.3 is 9.47 Å². The molecule has 106 valence electrons. The van der Waals surface area contributed by atoms with E-state index in [9.17, 15) is 4.79 Å². The van der Waals surface area contributed by atoms with Gasteiger partial charge in [0, 0.05) is 5.56 Å². The van der Waals surface area contributed by atoms with E-state index in [0.717, 1.165) is 6.42 Å². The Morgan fingerprint density at radius 3 is 2.63 bits per heavy atom. The van der Waals surface area contributed by atoms with Gasteiger partial charge in [-0.1, -0.05) is 18.5 Å². The van der Waals surface area contributed by atoms with Crippen molar-refractivity contribution in [3.63, 3.8) is 0 Å². The summed E-state index contributed by atoms with van der Waals surface area (Å²) in [7, 11) is 1.36. The van der Waals surface area contributed by atoms with Crippen molar-refractivity contribution in [3.05, 3.63) is 22.7 Å². The molecule has 0 saturated carbocycles. The average Bonchev–Trinajstić information content (AvgIpc) is 2.38. The number of amides is 1. The minimum Gasteiger partial charge on any atom is -0.490 e. The summed E-state index contributed by atoms with van der Waals surface area (Å²) in [5, 5.41) is 0.334. The number of nitrogens with one attached hydrogen (secondary N) is 1. The van der Waals surface area contributed by atoms with Gasteiger partial charge >= 0.3 is 0 Å². The summed E-state index contributed by atoms with van der Waals surface area (Å²) >= 11 is 6.12. The number of hydrogen-bond acceptors (Lipinski definition) is 4. The second kappa shape index (κ2) is 7.86. The van der Waals surface area contributed by atoms with E-state index in [2.05, 4.69) is 10.3 Å². The van der Waals surface area contributed by atoms with Gasteiger partial charge in [-0.25, -0.2) is 5.48 Å². The Morgan fingerprint density at radius 1 is 1.32 bits per heavy atom. The van der Waals surface area contributed by atoms with Crippen LogP contribution in [0.5, 0.6) is 11.5 Å². The lowest BCUT2D eigenvalue weighted by Gasteiger charge is -2.14. The first-order valence-corrected chi connectivity index (χ1v) is 6.44. The molecule has 1 N–H and O–H groups in total. The van der Waals surface area contributed by atoms with Gasteiger partial charge in [0.05, 0.1) is 25.3 Å². The molecule has 5 nitrogen and oxygen atoms in total. The third-order valence-corrected chi connectivity index (χ3v) is 2.50. The number of ether oxygens (including phenoxy) is 2. The molecule has 0 fully saturated rings. The smallest absolute Gasteiger partial charge is 0.275 e. The zero-order valence-corrected chi connectivity index (χ0v) is 12.0. The van der Waals surface area contributed by atoms with Crippen LogP contribution in [0, 0.1) is 0 Å². The van der Waals surface area contributed by atoms with Crippen LogP contribution in [0.1, 0.15) is 30.6 Å². The Hall–Kier alpha value is -1.46. The van der Waals surface area contributed by atoms with Crippen LogP contribution in [0.4, 0.5) is 0 Å². The van der Waals surface area contributed by atoms with Crippen molar-refractivity contribution in [1.82, 2.24) is 5.48 Å². The van der Waals surface area contributed by atoms with E-state index < -0.39 is 5.91 Å². The van der Waals surface area contributed by atoms with Crippen molar-refractivity contribution in [1.29, 1.82) is 0 Å². The zero-order valence-electron chi connectivity index (χ0n) is 11.3. The van der Waals surface area contributed by atoms with Crippen LogP contribution in [0.15, 0.2) is 12.1 Å². The monoisotopic (exact) mass is 287 g/mol. The number of halogens is 1. The lowest BCUT2D eigenvalue weighted by molar-refractivity contribution is 0.0537. The maximum absolute atomic E-state index is 11.7. The summed E-state index contributed by atoms with van der Waals surface area (Å²) in [6.07, 6.45) is 0.855. The molecule has 0 aliphatic rings. The van der Waals surface area contributed by atoms with Gasteiger partial charge in [-0.15, -0.1) is 0 Å². The number of rotatable bonds is 7. The zero-order chi connectivity index (χ0) is 14.3. The second-order valence-corrected chi connectivity index (χ2v) is 4.11. The highest BCUT2D eigenvalue weighted by Crippen LogP contribution is 2.36. The standard InChI is InChI=1S/C13H18ClNO4/c1-4-6-19-12-10(14)7-9(13(16)15-17-3)8-11(12)18-5-2/h7-8H,4-6H2,1-3H3,(H,15,16). The molecule has 0 bridgehead atoms. The summed E-state index contributed by atoms with van der Waals surface area (Å²) in [6, 6.07) is 3.10. The first-order valence-electron chi connectivity index (χ1n) is 6.06. The fourth-order valence-electron chi connectivity index (χ4n) is 1.46. The highest BCUT2D eigenvalue weighted by Gasteiger charge is 2.16. The quantitative estimate of drug-likeness (QED) is 0.784. The fraction of sp³-hybridized carbons (Fsp3) is 0.462. The molecular formula is C13H18ClNO4. The lowest BCUT2D eigenvalue weighted by Crippen LogP contribution is -2.21. The highest BCUT2D eigenvalue weighted by molar-refractivity contribution is 6.32. The fourth-order valence-corrected chi connectivity index (χ4v) is 1.72. The first-order chi connectivity index (χ1) is 9.13. The van der Waals surface area contributed by atoms with E-state index in [1.165, 1.54) is 13.2 Å². The molecule has 0 aliphatic carbocycles. The second-order valence-electron chi connectivity index (χ2n) is 3.70. The van der Waals surface area contributed by atoms with Crippen molar-refractivity contribution >= 4 is 17.5 Å². The molecule has 0 aliphatic heterocycles. The van der Waals surface area contributed by atoms with E-state index in [-0.39, 0.29) is 0 Å². The van der Waals surface area contributed by atoms with Crippen molar-refractivity contribution in [3.8, 4) is 11.5 Å². The third kappa shape index (κ3) is 4.29. The Morgan fingerprint density at radius 2 is 2.05 bits per heavy atom. The summed E-state index contributed by atoms with van der Waals surface area (Å²) in [5.74, 6) is 0.511. The molecule has 1 rings (SSSR count). The molecule has 1 amide bonds. The summed E-state index contributed by atoms with van der Waals surface area (Å²) < 4.78 is 11.0. The van der Waals surface area contributed by atoms with Crippen LogP contribution in [-0.4, -0.2) is 26.2 Å². The van der Waals surface area contributed by atoms with Gasteiger partial charge in [0.1, 0.15) is 0 Å². The minimum absolute atomic E-state index is 0.334. The molecule has 0 saturated heterocycles. The SMILES string of the molecule is CCCOc1c(Cl)cc(C(=O)NOC)cc1OCC. The predicted octanol–water partition coefficient (Wildman–Crippen LogP) is 2.82. The largest absolute Gasteiger partial charge is 0.490 e. The number of carbonyl (C=O) groups excluding carboxylic acids is 1. The Kier molecular flexibility index (Phi) is 6.45. The van der Waals surface area contributed by atoms with Gasteiger partial charge in [-0.2, -0.15) is 0 Å². The summed E-state index contributed by atoms with van der Waals surface area (Å²) in [5.41, 5.74) is 2.57. The van der Waals surface area contributed by atoms with Gasteiger partial charge in [-0.05, 0) is 25.5 Å². The average molecular weight is 288 g/mol. The third-order valence-electron chi connectivity index (χ3n) is 2.22. The van der Waals surface area contributed by atoms with E-state index in [4.69, 9.17) is 21.1 Å². The number of hydroxylamine groups is 1. The van der Waals surface area contributed by atoms with E-state index >= 15 is 0 Å². The first kappa shape index (κ1) is 15.6. The predicted molar refractivity (Wildman–Crippen MR) is 72.9 cm³/mol. The van der Waals surface area contributed by atoms with Crippen LogP contribution >= 0.6 is 11.6 Å². The molecular weight excluding hydrogens is 270 g/mol. The molecule has 0 radical (unpaired) electrons. The minimum atomic E-state index is -0.396. The molecule has 6 heteroatoms. The van der Waals surface area contributed by atoms with Gasteiger partial charge in [-0.3, -0.25) is 9.63 Å². The topological polar surface area (TPSA) is 56.8 Å². The highest BCUT2D eigenvalue weighted by atomic mass is 35.5. The van der Waals surface area contributed by atoms with Crippen molar-refractivity contribution in [2.75, 3.05) is 20.3 Å². The van der Waals surface area contributed by atoms with Crippen LogP contribution in [0.25, 0.3) is 0 Å². The maximum atomic E-state index is 11.7. The van der Waals surface area contributed by atoms with Gasteiger partial charge in [0.2, 0.25) is 0 Å². The van der Waals surface area contributed by atoms with Gasteiger partial charge in [0.25, 0.3) is 5.91 Å². The van der Waals surface area contributed by atoms with E-state index in [0.29, 0.717) is 35.3 Å². The lowest BCUT2D eigenvalue weighted by atomic mass is 10.2. The van der Waals surface area contributed by atoms with Crippen LogP contribution in [-0.2, 0) is 4.84 Å². The summed E-state index contributed by atoms with van der Waals surface area (Å²) in [6.45, 7) is 4.83. The van der Waals surface area contributed by atoms with Gasteiger partial charge in [0.15, 0.2) is 11.5 Å². The number of benzene rings is 1. The van der Waals surface area contributed by atoms with E-state index in [1.54, 1.807) is 6.07 Å². The Balaban J connectivity index is 3.08. The van der Waals surface area contributed by atoms with E-state index in [1.807, 2.05) is 13.8 Å². The molecule has 0 heterocycles. The normalized spacial score (nSPS) is 10.1. The number of carbonyl (C=O) groups is 1. The molecule has 19 heavy (non-hydrogen) atoms. The Labute approximate surface area is 117 Å². The molecule has 1 aromatic carbocycles. The molecule has 0 aromatic heterocycles. The number of hydrogen-bond donors (Lipinski definition) is 1. The molecule has 0 spiro atoms.